The van der Waals surface area contributed by atoms with E-state index in [1.807, 2.05) is 6.92 Å². The minimum Gasteiger partial charge on any atom is -0.304 e. The summed E-state index contributed by atoms with van der Waals surface area (Å²) in [5, 5.41) is 8.77. The second-order valence-corrected chi connectivity index (χ2v) is 5.41. The molecule has 1 aliphatic carbocycles. The van der Waals surface area contributed by atoms with Crippen LogP contribution in [-0.4, -0.2) is 30.8 Å². The molecule has 1 aliphatic rings. The Bertz CT molecular complexity index is 228. The molecule has 0 aromatic heterocycles. The van der Waals surface area contributed by atoms with Gasteiger partial charge in [-0.25, -0.2) is 0 Å². The van der Waals surface area contributed by atoms with Gasteiger partial charge in [-0.05, 0) is 38.0 Å². The van der Waals surface area contributed by atoms with Crippen molar-refractivity contribution in [3.8, 4) is 6.07 Å². The van der Waals surface area contributed by atoms with Crippen LogP contribution in [0.25, 0.3) is 0 Å². The van der Waals surface area contributed by atoms with Gasteiger partial charge in [0.15, 0.2) is 0 Å². The van der Waals surface area contributed by atoms with Gasteiger partial charge >= 0.3 is 0 Å². The van der Waals surface area contributed by atoms with Crippen LogP contribution in [0.4, 0.5) is 0 Å². The highest BCUT2D eigenvalue weighted by molar-refractivity contribution is 7.80. The molecule has 0 bridgehead atoms. The van der Waals surface area contributed by atoms with Crippen molar-refractivity contribution >= 4 is 12.6 Å². The lowest BCUT2D eigenvalue weighted by Crippen LogP contribution is -2.37. The normalized spacial score (nSPS) is 21.5. The molecule has 1 saturated carbocycles. The van der Waals surface area contributed by atoms with Gasteiger partial charge in [0.25, 0.3) is 0 Å². The molecule has 3 heteroatoms. The third-order valence-electron chi connectivity index (χ3n) is 3.41. The summed E-state index contributed by atoms with van der Waals surface area (Å²) in [5.74, 6) is 1.12. The van der Waals surface area contributed by atoms with Crippen LogP contribution in [0.15, 0.2) is 0 Å². The van der Waals surface area contributed by atoms with E-state index >= 15 is 0 Å². The molecule has 1 fully saturated rings. The Kier molecular flexibility index (Phi) is 4.95. The van der Waals surface area contributed by atoms with Gasteiger partial charge in [0.2, 0.25) is 0 Å². The van der Waals surface area contributed by atoms with Crippen LogP contribution in [0.3, 0.4) is 0 Å². The predicted molar refractivity (Wildman–Crippen MR) is 67.0 cm³/mol. The molecule has 0 spiro atoms. The molecule has 1 atom stereocenters. The van der Waals surface area contributed by atoms with Crippen molar-refractivity contribution in [3.05, 3.63) is 0 Å². The van der Waals surface area contributed by atoms with Crippen molar-refractivity contribution < 1.29 is 0 Å². The zero-order valence-electron chi connectivity index (χ0n) is 9.87. The van der Waals surface area contributed by atoms with Gasteiger partial charge in [0.1, 0.15) is 0 Å². The minimum atomic E-state index is 0.133. The zero-order valence-corrected chi connectivity index (χ0v) is 10.8. The second kappa shape index (κ2) is 5.77. The number of thiol groups is 1. The highest BCUT2D eigenvalue weighted by atomic mass is 32.1. The van der Waals surface area contributed by atoms with E-state index < -0.39 is 0 Å². The minimum absolute atomic E-state index is 0.133. The standard InChI is InChI=1S/C12H22N2S/c1-11(7-13)8-14(2)9-12(10-15)5-3-4-6-12/h11,15H,3-6,8-10H2,1-2H3. The summed E-state index contributed by atoms with van der Waals surface area (Å²) in [6.45, 7) is 3.97. The van der Waals surface area contributed by atoms with Crippen LogP contribution >= 0.6 is 12.6 Å². The summed E-state index contributed by atoms with van der Waals surface area (Å²) in [6, 6.07) is 2.29. The summed E-state index contributed by atoms with van der Waals surface area (Å²) >= 11 is 4.50. The fraction of sp³-hybridized carbons (Fsp3) is 0.917. The molecule has 0 N–H and O–H groups in total. The van der Waals surface area contributed by atoms with E-state index in [9.17, 15) is 0 Å². The molecule has 1 rings (SSSR count). The first-order valence-electron chi connectivity index (χ1n) is 5.81. The van der Waals surface area contributed by atoms with E-state index in [4.69, 9.17) is 5.26 Å². The SMILES string of the molecule is CC(C#N)CN(C)CC1(CS)CCCC1. The maximum absolute atomic E-state index is 8.77. The lowest BCUT2D eigenvalue weighted by molar-refractivity contribution is 0.192. The van der Waals surface area contributed by atoms with Gasteiger partial charge < -0.3 is 4.90 Å². The van der Waals surface area contributed by atoms with Crippen LogP contribution < -0.4 is 0 Å². The molecular weight excluding hydrogens is 204 g/mol. The van der Waals surface area contributed by atoms with Gasteiger partial charge in [0, 0.05) is 13.1 Å². The van der Waals surface area contributed by atoms with Gasteiger partial charge in [-0.15, -0.1) is 0 Å². The van der Waals surface area contributed by atoms with Crippen LogP contribution in [-0.2, 0) is 0 Å². The number of nitriles is 1. The Balaban J connectivity index is 2.42. The highest BCUT2D eigenvalue weighted by Gasteiger charge is 2.33. The molecule has 15 heavy (non-hydrogen) atoms. The number of rotatable bonds is 5. The summed E-state index contributed by atoms with van der Waals surface area (Å²) in [4.78, 5) is 2.30. The number of hydrogen-bond donors (Lipinski definition) is 1. The molecule has 0 aromatic carbocycles. The Morgan fingerprint density at radius 2 is 2.07 bits per heavy atom. The largest absolute Gasteiger partial charge is 0.304 e. The van der Waals surface area contributed by atoms with Crippen molar-refractivity contribution in [3.63, 3.8) is 0 Å². The molecule has 0 aliphatic heterocycles. The molecular formula is C12H22N2S. The molecule has 86 valence electrons. The lowest BCUT2D eigenvalue weighted by Gasteiger charge is -2.32. The third-order valence-corrected chi connectivity index (χ3v) is 4.08. The van der Waals surface area contributed by atoms with E-state index in [-0.39, 0.29) is 5.92 Å². The number of nitrogens with zero attached hydrogens (tertiary/aromatic N) is 2. The van der Waals surface area contributed by atoms with Crippen LogP contribution in [0.1, 0.15) is 32.6 Å². The second-order valence-electron chi connectivity index (χ2n) is 5.09. The topological polar surface area (TPSA) is 27.0 Å². The van der Waals surface area contributed by atoms with Crippen molar-refractivity contribution in [1.29, 1.82) is 5.26 Å². The summed E-state index contributed by atoms with van der Waals surface area (Å²) in [5.41, 5.74) is 0.424. The van der Waals surface area contributed by atoms with Gasteiger partial charge in [-0.2, -0.15) is 17.9 Å². The predicted octanol–water partition coefficient (Wildman–Crippen LogP) is 2.57. The average Bonchev–Trinajstić information content (AvgIpc) is 2.66. The van der Waals surface area contributed by atoms with Gasteiger partial charge in [-0.1, -0.05) is 12.8 Å². The zero-order chi connectivity index (χ0) is 11.3. The van der Waals surface area contributed by atoms with Crippen molar-refractivity contribution in [1.82, 2.24) is 4.90 Å². The smallest absolute Gasteiger partial charge is 0.0666 e. The maximum Gasteiger partial charge on any atom is 0.0666 e. The van der Waals surface area contributed by atoms with E-state index in [1.165, 1.54) is 25.7 Å². The van der Waals surface area contributed by atoms with Crippen LogP contribution in [0.5, 0.6) is 0 Å². The molecule has 0 aromatic rings. The first kappa shape index (κ1) is 12.9. The van der Waals surface area contributed by atoms with E-state index in [2.05, 4.69) is 30.6 Å². The molecule has 0 radical (unpaired) electrons. The average molecular weight is 226 g/mol. The number of hydrogen-bond acceptors (Lipinski definition) is 3. The fourth-order valence-corrected chi connectivity index (χ4v) is 3.05. The van der Waals surface area contributed by atoms with E-state index in [1.54, 1.807) is 0 Å². The van der Waals surface area contributed by atoms with Crippen LogP contribution in [0.2, 0.25) is 0 Å². The maximum atomic E-state index is 8.77. The van der Waals surface area contributed by atoms with Crippen molar-refractivity contribution in [2.75, 3.05) is 25.9 Å². The monoisotopic (exact) mass is 226 g/mol. The van der Waals surface area contributed by atoms with E-state index in [0.717, 1.165) is 18.8 Å². The third kappa shape index (κ3) is 3.70. The first-order valence-corrected chi connectivity index (χ1v) is 6.44. The quantitative estimate of drug-likeness (QED) is 0.729. The highest BCUT2D eigenvalue weighted by Crippen LogP contribution is 2.39. The van der Waals surface area contributed by atoms with Crippen LogP contribution in [0, 0.1) is 22.7 Å². The van der Waals surface area contributed by atoms with E-state index in [0.29, 0.717) is 5.41 Å². The fourth-order valence-electron chi connectivity index (χ4n) is 2.64. The Labute approximate surface area is 99.1 Å². The van der Waals surface area contributed by atoms with Gasteiger partial charge in [-0.3, -0.25) is 0 Å². The lowest BCUT2D eigenvalue weighted by atomic mass is 9.88. The van der Waals surface area contributed by atoms with Gasteiger partial charge in [0.05, 0.1) is 12.0 Å². The summed E-state index contributed by atoms with van der Waals surface area (Å²) < 4.78 is 0. The molecule has 2 nitrogen and oxygen atoms in total. The van der Waals surface area contributed by atoms with Crippen molar-refractivity contribution in [2.45, 2.75) is 32.6 Å². The molecule has 0 amide bonds. The molecule has 0 saturated heterocycles. The molecule has 1 unspecified atom stereocenters. The summed E-state index contributed by atoms with van der Waals surface area (Å²) in [6.07, 6.45) is 5.31. The summed E-state index contributed by atoms with van der Waals surface area (Å²) in [7, 11) is 2.12. The molecule has 0 heterocycles. The van der Waals surface area contributed by atoms with Crippen molar-refractivity contribution in [2.24, 2.45) is 11.3 Å². The Morgan fingerprint density at radius 1 is 1.47 bits per heavy atom. The first-order chi connectivity index (χ1) is 7.12. The Morgan fingerprint density at radius 3 is 2.53 bits per heavy atom. The Hall–Kier alpha value is -0.200.